The Morgan fingerprint density at radius 2 is 1.85 bits per heavy atom. The lowest BCUT2D eigenvalue weighted by molar-refractivity contribution is 0.823. The highest BCUT2D eigenvalue weighted by Crippen LogP contribution is 2.36. The number of hydrogen-bond acceptors (Lipinski definition) is 6. The van der Waals surface area contributed by atoms with Crippen LogP contribution in [0.3, 0.4) is 0 Å². The second-order valence-corrected chi connectivity index (χ2v) is 7.45. The maximum absolute atomic E-state index is 4.78. The van der Waals surface area contributed by atoms with Crippen molar-refractivity contribution < 1.29 is 0 Å². The van der Waals surface area contributed by atoms with E-state index in [9.17, 15) is 0 Å². The number of thiazole rings is 1. The molecule has 0 spiro atoms. The second-order valence-electron chi connectivity index (χ2n) is 5.44. The molecule has 0 fully saturated rings. The number of nitrogens with one attached hydrogen (secondary N) is 1. The van der Waals surface area contributed by atoms with Crippen LogP contribution in [0, 0.1) is 0 Å². The van der Waals surface area contributed by atoms with Crippen molar-refractivity contribution in [3.05, 3.63) is 10.7 Å². The minimum atomic E-state index is 0.374. The van der Waals surface area contributed by atoms with Crippen molar-refractivity contribution in [2.45, 2.75) is 59.4 Å². The Balaban J connectivity index is 2.32. The summed E-state index contributed by atoms with van der Waals surface area (Å²) >= 11 is 3.38. The first-order valence-corrected chi connectivity index (χ1v) is 8.74. The SMILES string of the molecule is CCCc1nc(C(C)C)sc1-c1nnc(NC(C)C)s1. The van der Waals surface area contributed by atoms with Crippen LogP contribution in [0.25, 0.3) is 9.88 Å². The fraction of sp³-hybridized carbons (Fsp3) is 0.643. The van der Waals surface area contributed by atoms with Gasteiger partial charge in [0.2, 0.25) is 5.13 Å². The molecule has 4 nitrogen and oxygen atoms in total. The van der Waals surface area contributed by atoms with Crippen molar-refractivity contribution in [1.29, 1.82) is 0 Å². The fourth-order valence-corrected chi connectivity index (χ4v) is 3.91. The zero-order valence-corrected chi connectivity index (χ0v) is 14.4. The Morgan fingerprint density at radius 3 is 2.45 bits per heavy atom. The van der Waals surface area contributed by atoms with E-state index in [2.05, 4.69) is 50.1 Å². The van der Waals surface area contributed by atoms with Crippen LogP contribution in [-0.4, -0.2) is 21.2 Å². The van der Waals surface area contributed by atoms with Crippen molar-refractivity contribution in [1.82, 2.24) is 15.2 Å². The molecule has 2 heterocycles. The van der Waals surface area contributed by atoms with Crippen LogP contribution >= 0.6 is 22.7 Å². The highest BCUT2D eigenvalue weighted by atomic mass is 32.1. The Labute approximate surface area is 128 Å². The maximum atomic E-state index is 4.78. The molecule has 1 N–H and O–H groups in total. The van der Waals surface area contributed by atoms with Gasteiger partial charge in [0.25, 0.3) is 0 Å². The maximum Gasteiger partial charge on any atom is 0.206 e. The van der Waals surface area contributed by atoms with E-state index < -0.39 is 0 Å². The Morgan fingerprint density at radius 1 is 1.10 bits per heavy atom. The average molecular weight is 310 g/mol. The number of aromatic nitrogens is 3. The van der Waals surface area contributed by atoms with Gasteiger partial charge in [0.05, 0.1) is 15.6 Å². The molecule has 0 aliphatic carbocycles. The van der Waals surface area contributed by atoms with Crippen molar-refractivity contribution in [3.63, 3.8) is 0 Å². The lowest BCUT2D eigenvalue weighted by Crippen LogP contribution is -2.08. The van der Waals surface area contributed by atoms with E-state index >= 15 is 0 Å². The van der Waals surface area contributed by atoms with Gasteiger partial charge in [0.1, 0.15) is 0 Å². The molecule has 0 saturated carbocycles. The summed E-state index contributed by atoms with van der Waals surface area (Å²) < 4.78 is 0. The lowest BCUT2D eigenvalue weighted by Gasteiger charge is -2.03. The summed E-state index contributed by atoms with van der Waals surface area (Å²) in [4.78, 5) is 5.98. The molecule has 0 aromatic carbocycles. The third kappa shape index (κ3) is 3.55. The monoisotopic (exact) mass is 310 g/mol. The zero-order valence-electron chi connectivity index (χ0n) is 12.7. The number of nitrogens with zero attached hydrogens (tertiary/aromatic N) is 3. The molecule has 0 bridgehead atoms. The van der Waals surface area contributed by atoms with Gasteiger partial charge in [-0.1, -0.05) is 38.5 Å². The Bertz CT molecular complexity index is 557. The van der Waals surface area contributed by atoms with Gasteiger partial charge in [-0.2, -0.15) is 0 Å². The van der Waals surface area contributed by atoms with Gasteiger partial charge in [0.15, 0.2) is 5.01 Å². The quantitative estimate of drug-likeness (QED) is 0.850. The molecular formula is C14H22N4S2. The minimum Gasteiger partial charge on any atom is -0.358 e. The van der Waals surface area contributed by atoms with Crippen molar-refractivity contribution >= 4 is 27.8 Å². The van der Waals surface area contributed by atoms with E-state index in [1.54, 1.807) is 22.7 Å². The molecule has 20 heavy (non-hydrogen) atoms. The standard InChI is InChI=1S/C14H22N4S2/c1-6-7-10-11(19-12(16-10)8(2)3)13-17-18-14(20-13)15-9(4)5/h8-9H,6-7H2,1-5H3,(H,15,18). The normalized spacial score (nSPS) is 11.6. The van der Waals surface area contributed by atoms with E-state index in [-0.39, 0.29) is 0 Å². The molecule has 2 rings (SSSR count). The number of hydrogen-bond donors (Lipinski definition) is 1. The summed E-state index contributed by atoms with van der Waals surface area (Å²) in [6, 6.07) is 0.374. The summed E-state index contributed by atoms with van der Waals surface area (Å²) in [6.07, 6.45) is 2.11. The number of anilines is 1. The molecule has 0 radical (unpaired) electrons. The average Bonchev–Trinajstić information content (AvgIpc) is 2.95. The molecule has 2 aromatic rings. The molecule has 0 atom stereocenters. The van der Waals surface area contributed by atoms with E-state index in [1.807, 2.05) is 0 Å². The lowest BCUT2D eigenvalue weighted by atomic mass is 10.2. The van der Waals surface area contributed by atoms with Crippen molar-refractivity contribution in [2.24, 2.45) is 0 Å². The Hall–Kier alpha value is -1.01. The van der Waals surface area contributed by atoms with Crippen LogP contribution < -0.4 is 5.32 Å². The summed E-state index contributed by atoms with van der Waals surface area (Å²) in [7, 11) is 0. The van der Waals surface area contributed by atoms with E-state index in [1.165, 1.54) is 15.6 Å². The second kappa shape index (κ2) is 6.63. The van der Waals surface area contributed by atoms with Gasteiger partial charge in [0, 0.05) is 12.0 Å². The third-order valence-electron chi connectivity index (χ3n) is 2.73. The van der Waals surface area contributed by atoms with Gasteiger partial charge >= 0.3 is 0 Å². The molecule has 0 aliphatic heterocycles. The predicted molar refractivity (Wildman–Crippen MR) is 87.9 cm³/mol. The summed E-state index contributed by atoms with van der Waals surface area (Å²) in [5.74, 6) is 0.463. The predicted octanol–water partition coefficient (Wildman–Crippen LogP) is 4.56. The van der Waals surface area contributed by atoms with E-state index in [0.717, 1.165) is 23.0 Å². The first-order chi connectivity index (χ1) is 9.51. The first-order valence-electron chi connectivity index (χ1n) is 7.11. The Kier molecular flexibility index (Phi) is 5.10. The third-order valence-corrected chi connectivity index (χ3v) is 5.13. The molecule has 110 valence electrons. The van der Waals surface area contributed by atoms with Gasteiger partial charge in [-0.3, -0.25) is 0 Å². The molecule has 2 aromatic heterocycles. The fourth-order valence-electron chi connectivity index (χ4n) is 1.81. The van der Waals surface area contributed by atoms with Crippen LogP contribution in [0.15, 0.2) is 0 Å². The first kappa shape index (κ1) is 15.4. The number of rotatable bonds is 6. The van der Waals surface area contributed by atoms with Gasteiger partial charge in [-0.25, -0.2) is 4.98 Å². The summed E-state index contributed by atoms with van der Waals surface area (Å²) in [5, 5.41) is 14.9. The molecule has 6 heteroatoms. The van der Waals surface area contributed by atoms with Gasteiger partial charge in [-0.15, -0.1) is 21.5 Å². The molecule has 0 unspecified atom stereocenters. The number of aryl methyl sites for hydroxylation is 1. The van der Waals surface area contributed by atoms with Gasteiger partial charge in [-0.05, 0) is 20.3 Å². The van der Waals surface area contributed by atoms with Crippen molar-refractivity contribution in [2.75, 3.05) is 5.32 Å². The largest absolute Gasteiger partial charge is 0.358 e. The smallest absolute Gasteiger partial charge is 0.206 e. The highest BCUT2D eigenvalue weighted by molar-refractivity contribution is 7.23. The summed E-state index contributed by atoms with van der Waals surface area (Å²) in [5.41, 5.74) is 1.17. The molecule has 0 amide bonds. The van der Waals surface area contributed by atoms with Crippen LogP contribution in [-0.2, 0) is 6.42 Å². The molecule has 0 saturated heterocycles. The van der Waals surface area contributed by atoms with Gasteiger partial charge < -0.3 is 5.32 Å². The van der Waals surface area contributed by atoms with Crippen LogP contribution in [0.2, 0.25) is 0 Å². The van der Waals surface area contributed by atoms with Crippen LogP contribution in [0.1, 0.15) is 57.7 Å². The van der Waals surface area contributed by atoms with E-state index in [4.69, 9.17) is 4.98 Å². The van der Waals surface area contributed by atoms with Crippen LogP contribution in [0.5, 0.6) is 0 Å². The molecule has 0 aliphatic rings. The highest BCUT2D eigenvalue weighted by Gasteiger charge is 2.18. The van der Waals surface area contributed by atoms with Crippen LogP contribution in [0.4, 0.5) is 5.13 Å². The minimum absolute atomic E-state index is 0.374. The van der Waals surface area contributed by atoms with Crippen molar-refractivity contribution in [3.8, 4) is 9.88 Å². The van der Waals surface area contributed by atoms with E-state index in [0.29, 0.717) is 12.0 Å². The molecular weight excluding hydrogens is 288 g/mol. The summed E-state index contributed by atoms with van der Waals surface area (Å²) in [6.45, 7) is 10.8. The zero-order chi connectivity index (χ0) is 14.7. The topological polar surface area (TPSA) is 50.7 Å².